The fourth-order valence-corrected chi connectivity index (χ4v) is 7.50. The predicted octanol–water partition coefficient (Wildman–Crippen LogP) is 8.14. The van der Waals surface area contributed by atoms with E-state index in [-0.39, 0.29) is 11.3 Å². The van der Waals surface area contributed by atoms with E-state index < -0.39 is 56.8 Å². The van der Waals surface area contributed by atoms with E-state index in [1.807, 2.05) is 18.2 Å². The minimum atomic E-state index is -4.36. The first-order valence-corrected chi connectivity index (χ1v) is 18.2. The van der Waals surface area contributed by atoms with E-state index in [0.717, 1.165) is 24.0 Å². The number of nitrogens with one attached hydrogen (secondary N) is 2. The molecule has 9 nitrogen and oxygen atoms in total. The van der Waals surface area contributed by atoms with Gasteiger partial charge in [0.1, 0.15) is 23.2 Å². The second kappa shape index (κ2) is 14.3. The van der Waals surface area contributed by atoms with Crippen molar-refractivity contribution in [2.45, 2.75) is 36.1 Å². The first-order valence-electron chi connectivity index (χ1n) is 16.3. The number of amides is 1. The molecular formula is C39H28ClF3N4O5S. The van der Waals surface area contributed by atoms with E-state index in [9.17, 15) is 27.5 Å². The Labute approximate surface area is 306 Å². The zero-order valence-electron chi connectivity index (χ0n) is 27.5. The summed E-state index contributed by atoms with van der Waals surface area (Å²) < 4.78 is 72.1. The first-order chi connectivity index (χ1) is 25.4. The Hall–Kier alpha value is -5.79. The van der Waals surface area contributed by atoms with E-state index in [1.165, 1.54) is 48.2 Å². The molecule has 1 atom stereocenters. The quantitative estimate of drug-likeness (QED) is 0.114. The number of hydrogen-bond donors (Lipinski definition) is 3. The molecule has 6 aromatic rings. The predicted molar refractivity (Wildman–Crippen MR) is 194 cm³/mol. The summed E-state index contributed by atoms with van der Waals surface area (Å²) in [7, 11) is -4.36. The van der Waals surface area contributed by atoms with E-state index in [1.54, 1.807) is 30.5 Å². The van der Waals surface area contributed by atoms with Crippen molar-refractivity contribution in [1.82, 2.24) is 15.3 Å². The molecule has 53 heavy (non-hydrogen) atoms. The van der Waals surface area contributed by atoms with Crippen LogP contribution >= 0.6 is 11.6 Å². The summed E-state index contributed by atoms with van der Waals surface area (Å²) in [4.78, 5) is 33.2. The lowest BCUT2D eigenvalue weighted by Crippen LogP contribution is -2.43. The Balaban J connectivity index is 1.09. The van der Waals surface area contributed by atoms with Crippen molar-refractivity contribution in [3.63, 3.8) is 0 Å². The molecular weight excluding hydrogens is 729 g/mol. The highest BCUT2D eigenvalue weighted by molar-refractivity contribution is 7.92. The van der Waals surface area contributed by atoms with Gasteiger partial charge in [-0.3, -0.25) is 14.5 Å². The van der Waals surface area contributed by atoms with Crippen molar-refractivity contribution in [2.75, 3.05) is 4.72 Å². The number of aromatic nitrogens is 2. The molecule has 0 radical (unpaired) electrons. The zero-order chi connectivity index (χ0) is 37.4. The van der Waals surface area contributed by atoms with Crippen molar-refractivity contribution in [3.8, 4) is 22.3 Å². The van der Waals surface area contributed by atoms with Crippen LogP contribution in [0.2, 0.25) is 5.02 Å². The van der Waals surface area contributed by atoms with Gasteiger partial charge in [0.25, 0.3) is 15.9 Å². The molecule has 0 aliphatic heterocycles. The van der Waals surface area contributed by atoms with Gasteiger partial charge in [0.2, 0.25) is 5.95 Å². The molecule has 0 unspecified atom stereocenters. The molecule has 0 saturated heterocycles. The lowest BCUT2D eigenvalue weighted by Gasteiger charge is -2.18. The number of fused-ring (bicyclic) bond motifs is 1. The number of carboxylic acids is 1. The van der Waals surface area contributed by atoms with Gasteiger partial charge in [-0.1, -0.05) is 54.1 Å². The molecule has 1 fully saturated rings. The van der Waals surface area contributed by atoms with Crippen LogP contribution in [0.4, 0.5) is 18.9 Å². The number of benzene rings is 4. The van der Waals surface area contributed by atoms with Gasteiger partial charge in [-0.05, 0) is 83.5 Å². The van der Waals surface area contributed by atoms with Crippen LogP contribution in [0.1, 0.15) is 40.2 Å². The number of carbonyl (C=O) groups excluding carboxylic acids is 1. The fourth-order valence-electron chi connectivity index (χ4n) is 6.17. The summed E-state index contributed by atoms with van der Waals surface area (Å²) in [6.45, 7) is 0. The van der Waals surface area contributed by atoms with Crippen LogP contribution in [0.25, 0.3) is 33.2 Å². The van der Waals surface area contributed by atoms with Crippen LogP contribution in [0, 0.1) is 17.6 Å². The van der Waals surface area contributed by atoms with Crippen LogP contribution in [0.5, 0.6) is 0 Å². The monoisotopic (exact) mass is 756 g/mol. The minimum Gasteiger partial charge on any atom is -0.480 e. The van der Waals surface area contributed by atoms with Gasteiger partial charge in [0, 0.05) is 46.4 Å². The van der Waals surface area contributed by atoms with Gasteiger partial charge in [0.15, 0.2) is 0 Å². The maximum absolute atomic E-state index is 15.3. The number of carbonyl (C=O) groups is 2. The lowest BCUT2D eigenvalue weighted by atomic mass is 9.94. The third-order valence-electron chi connectivity index (χ3n) is 8.97. The van der Waals surface area contributed by atoms with Crippen molar-refractivity contribution in [1.29, 1.82) is 0 Å². The van der Waals surface area contributed by atoms with Crippen LogP contribution in [0.3, 0.4) is 0 Å². The number of nitrogens with zero attached hydrogens (tertiary/aromatic N) is 2. The van der Waals surface area contributed by atoms with Crippen molar-refractivity contribution in [2.24, 2.45) is 0 Å². The Morgan fingerprint density at radius 2 is 1.57 bits per heavy atom. The number of aliphatic carboxylic acids is 1. The lowest BCUT2D eigenvalue weighted by molar-refractivity contribution is -0.139. The molecule has 268 valence electrons. The average molecular weight is 757 g/mol. The average Bonchev–Trinajstić information content (AvgIpc) is 3.97. The van der Waals surface area contributed by atoms with Crippen LogP contribution in [0.15, 0.2) is 108 Å². The van der Waals surface area contributed by atoms with Gasteiger partial charge >= 0.3 is 5.97 Å². The Morgan fingerprint density at radius 1 is 0.849 bits per heavy atom. The van der Waals surface area contributed by atoms with Gasteiger partial charge < -0.3 is 10.4 Å². The molecule has 14 heteroatoms. The number of hydrogen-bond acceptors (Lipinski definition) is 6. The molecule has 1 aliphatic rings. The number of halogens is 4. The normalized spacial score (nSPS) is 13.4. The molecule has 4 aromatic carbocycles. The Morgan fingerprint density at radius 3 is 2.23 bits per heavy atom. The van der Waals surface area contributed by atoms with E-state index in [2.05, 4.69) is 20.0 Å². The number of rotatable bonds is 11. The van der Waals surface area contributed by atoms with Crippen LogP contribution in [-0.2, 0) is 21.2 Å². The van der Waals surface area contributed by atoms with Crippen LogP contribution < -0.4 is 10.0 Å². The Bertz CT molecular complexity index is 2510. The van der Waals surface area contributed by atoms with Crippen molar-refractivity contribution in [3.05, 3.63) is 143 Å². The maximum atomic E-state index is 15.3. The molecule has 7 rings (SSSR count). The summed E-state index contributed by atoms with van der Waals surface area (Å²) in [6, 6.07) is 20.4. The van der Waals surface area contributed by atoms with Gasteiger partial charge in [-0.2, -0.15) is 4.39 Å². The number of sulfonamides is 1. The van der Waals surface area contributed by atoms with Gasteiger partial charge in [0.05, 0.1) is 16.1 Å². The zero-order valence-corrected chi connectivity index (χ0v) is 29.1. The van der Waals surface area contributed by atoms with E-state index >= 15 is 8.78 Å². The topological polar surface area (TPSA) is 138 Å². The number of anilines is 1. The number of carboxylic acid groups (broad SMARTS) is 1. The maximum Gasteiger partial charge on any atom is 0.326 e. The van der Waals surface area contributed by atoms with Crippen molar-refractivity contribution < 1.29 is 36.3 Å². The van der Waals surface area contributed by atoms with E-state index in [4.69, 9.17) is 11.6 Å². The molecule has 2 aromatic heterocycles. The highest BCUT2D eigenvalue weighted by atomic mass is 35.5. The second-order valence-corrected chi connectivity index (χ2v) is 14.7. The van der Waals surface area contributed by atoms with Gasteiger partial charge in [-0.15, -0.1) is 0 Å². The summed E-state index contributed by atoms with van der Waals surface area (Å²) in [5, 5.41) is 13.4. The van der Waals surface area contributed by atoms with Gasteiger partial charge in [-0.25, -0.2) is 27.0 Å². The minimum absolute atomic E-state index is 0.256. The molecule has 2 heterocycles. The second-order valence-electron chi connectivity index (χ2n) is 12.6. The first kappa shape index (κ1) is 35.6. The molecule has 0 bridgehead atoms. The summed E-state index contributed by atoms with van der Waals surface area (Å²) in [5.41, 5.74) is 3.04. The standard InChI is InChI=1S/C39H28ClF3N4O5S/c40-31-16-23(21-3-4-21)7-11-29(31)30-12-8-25(28-2-1-14-45-37(28)30)17-34(39(49)50)46-38(48)36-32(41)19-26(20-33(36)42)47-53(51,52)27-9-5-22(6-10-27)24-13-15-44-35(43)18-24/h1-2,5-16,18-21,34,47H,3-4,17H2,(H,46,48)(H,49,50)/t34-/m0/s1. The Kier molecular flexibility index (Phi) is 9.62. The molecule has 3 N–H and O–H groups in total. The van der Waals surface area contributed by atoms with Crippen molar-refractivity contribution >= 4 is 50.1 Å². The molecule has 1 saturated carbocycles. The fraction of sp³-hybridized carbons (Fsp3) is 0.128. The molecule has 0 spiro atoms. The highest BCUT2D eigenvalue weighted by Crippen LogP contribution is 2.43. The summed E-state index contributed by atoms with van der Waals surface area (Å²) in [5.74, 6) is -5.87. The smallest absolute Gasteiger partial charge is 0.326 e. The number of pyridine rings is 2. The molecule has 1 amide bonds. The van der Waals surface area contributed by atoms with E-state index in [0.29, 0.717) is 50.7 Å². The third kappa shape index (κ3) is 7.57. The summed E-state index contributed by atoms with van der Waals surface area (Å²) in [6.07, 6.45) is 4.85. The SMILES string of the molecule is O=C(N[C@@H](Cc1ccc(-c2ccc(C3CC3)cc2Cl)c2ncccc12)C(=O)O)c1c(F)cc(NS(=O)(=O)c2ccc(-c3ccnc(F)c3)cc2)cc1F. The summed E-state index contributed by atoms with van der Waals surface area (Å²) >= 11 is 6.68. The molecule has 1 aliphatic carbocycles. The highest BCUT2D eigenvalue weighted by Gasteiger charge is 2.28. The van der Waals surface area contributed by atoms with Crippen LogP contribution in [-0.4, -0.2) is 41.4 Å². The third-order valence-corrected chi connectivity index (χ3v) is 10.7. The largest absolute Gasteiger partial charge is 0.480 e.